The van der Waals surface area contributed by atoms with Crippen LogP contribution in [0.2, 0.25) is 0 Å². The van der Waals surface area contributed by atoms with Crippen LogP contribution in [0.5, 0.6) is 0 Å². The minimum atomic E-state index is -3.11. The fourth-order valence-corrected chi connectivity index (χ4v) is 5.14. The third-order valence-electron chi connectivity index (χ3n) is 4.69. The molecule has 1 aliphatic rings. The number of benzene rings is 1. The van der Waals surface area contributed by atoms with Crippen molar-refractivity contribution >= 4 is 26.8 Å². The molecule has 8 nitrogen and oxygen atoms in total. The average molecular weight is 380 g/mol. The lowest BCUT2D eigenvalue weighted by atomic mass is 10.2. The molecule has 142 valence electrons. The van der Waals surface area contributed by atoms with Crippen LogP contribution in [-0.4, -0.2) is 64.9 Å². The molecule has 26 heavy (non-hydrogen) atoms. The largest absolute Gasteiger partial charge is 0.395 e. The first kappa shape index (κ1) is 18.7. The van der Waals surface area contributed by atoms with Crippen molar-refractivity contribution in [3.05, 3.63) is 30.0 Å². The van der Waals surface area contributed by atoms with Crippen LogP contribution in [0.4, 0.5) is 4.79 Å². The number of amides is 2. The van der Waals surface area contributed by atoms with Gasteiger partial charge in [0.25, 0.3) is 0 Å². The number of hydrogen-bond acceptors (Lipinski definition) is 5. The van der Waals surface area contributed by atoms with Crippen molar-refractivity contribution in [3.63, 3.8) is 0 Å². The smallest absolute Gasteiger partial charge is 0.318 e. The standard InChI is InChI=1S/C17H24N4O4S/c1-2-21-16-6-4-3-5-14(16)15(19-21)11-18-17(23)20(8-9-22)13-7-10-26(24,25)12-13/h3-6,13,22H,2,7-12H2,1H3,(H,18,23). The van der Waals surface area contributed by atoms with Gasteiger partial charge in [0, 0.05) is 24.5 Å². The highest BCUT2D eigenvalue weighted by atomic mass is 32.2. The second-order valence-corrected chi connectivity index (χ2v) is 8.64. The molecule has 9 heteroatoms. The molecular weight excluding hydrogens is 356 g/mol. The zero-order valence-electron chi connectivity index (χ0n) is 14.8. The summed E-state index contributed by atoms with van der Waals surface area (Å²) in [7, 11) is -3.11. The molecule has 1 atom stereocenters. The van der Waals surface area contributed by atoms with E-state index in [0.29, 0.717) is 6.42 Å². The van der Waals surface area contributed by atoms with Crippen molar-refractivity contribution < 1.29 is 18.3 Å². The minimum absolute atomic E-state index is 0.0478. The first-order valence-corrected chi connectivity index (χ1v) is 10.6. The first-order valence-electron chi connectivity index (χ1n) is 8.75. The van der Waals surface area contributed by atoms with Gasteiger partial charge in [-0.25, -0.2) is 13.2 Å². The Bertz CT molecular complexity index is 893. The maximum absolute atomic E-state index is 12.6. The summed E-state index contributed by atoms with van der Waals surface area (Å²) in [5.74, 6) is 0.0340. The lowest BCUT2D eigenvalue weighted by Crippen LogP contribution is -2.47. The molecule has 2 heterocycles. The van der Waals surface area contributed by atoms with E-state index in [0.717, 1.165) is 23.1 Å². The lowest BCUT2D eigenvalue weighted by molar-refractivity contribution is 0.157. The van der Waals surface area contributed by atoms with E-state index in [1.165, 1.54) is 4.90 Å². The molecule has 0 bridgehead atoms. The Labute approximate surface area is 152 Å². The summed E-state index contributed by atoms with van der Waals surface area (Å²) in [4.78, 5) is 14.0. The molecule has 0 saturated carbocycles. The Morgan fingerprint density at radius 1 is 1.42 bits per heavy atom. The van der Waals surface area contributed by atoms with Crippen LogP contribution in [0.25, 0.3) is 10.9 Å². The summed E-state index contributed by atoms with van der Waals surface area (Å²) in [5.41, 5.74) is 1.77. The fraction of sp³-hybridized carbons (Fsp3) is 0.529. The predicted octanol–water partition coefficient (Wildman–Crippen LogP) is 0.747. The zero-order chi connectivity index (χ0) is 18.7. The number of urea groups is 1. The maximum atomic E-state index is 12.6. The number of hydrogen-bond donors (Lipinski definition) is 2. The predicted molar refractivity (Wildman–Crippen MR) is 98.5 cm³/mol. The molecule has 1 fully saturated rings. The molecule has 3 rings (SSSR count). The van der Waals surface area contributed by atoms with Gasteiger partial charge in [-0.1, -0.05) is 18.2 Å². The third-order valence-corrected chi connectivity index (χ3v) is 6.44. The number of aliphatic hydroxyl groups excluding tert-OH is 1. The number of aryl methyl sites for hydroxylation is 1. The third kappa shape index (κ3) is 3.83. The Morgan fingerprint density at radius 2 is 2.19 bits per heavy atom. The van der Waals surface area contributed by atoms with Crippen molar-refractivity contribution in [2.24, 2.45) is 0 Å². The Morgan fingerprint density at radius 3 is 2.85 bits per heavy atom. The summed E-state index contributed by atoms with van der Waals surface area (Å²) in [6, 6.07) is 7.05. The number of carbonyl (C=O) groups is 1. The summed E-state index contributed by atoms with van der Waals surface area (Å²) < 4.78 is 25.3. The van der Waals surface area contributed by atoms with Gasteiger partial charge in [0.2, 0.25) is 0 Å². The Hall–Kier alpha value is -2.13. The van der Waals surface area contributed by atoms with Gasteiger partial charge in [0.1, 0.15) is 0 Å². The molecule has 1 unspecified atom stereocenters. The van der Waals surface area contributed by atoms with Crippen LogP contribution >= 0.6 is 0 Å². The number of para-hydroxylation sites is 1. The van der Waals surface area contributed by atoms with Gasteiger partial charge in [-0.15, -0.1) is 0 Å². The molecule has 1 aliphatic heterocycles. The van der Waals surface area contributed by atoms with Crippen molar-refractivity contribution in [2.45, 2.75) is 32.5 Å². The van der Waals surface area contributed by atoms with Crippen molar-refractivity contribution in [1.29, 1.82) is 0 Å². The van der Waals surface area contributed by atoms with E-state index in [1.807, 2.05) is 35.9 Å². The second-order valence-electron chi connectivity index (χ2n) is 6.41. The number of aliphatic hydroxyl groups is 1. The number of rotatable bonds is 6. The average Bonchev–Trinajstić information content (AvgIpc) is 3.17. The van der Waals surface area contributed by atoms with E-state index >= 15 is 0 Å². The number of sulfone groups is 1. The van der Waals surface area contributed by atoms with Gasteiger partial charge in [-0.3, -0.25) is 4.68 Å². The number of fused-ring (bicyclic) bond motifs is 1. The van der Waals surface area contributed by atoms with Gasteiger partial charge in [0.15, 0.2) is 9.84 Å². The lowest BCUT2D eigenvalue weighted by Gasteiger charge is -2.27. The van der Waals surface area contributed by atoms with Gasteiger partial charge in [-0.2, -0.15) is 5.10 Å². The molecule has 0 radical (unpaired) electrons. The molecule has 1 aromatic heterocycles. The van der Waals surface area contributed by atoms with Crippen molar-refractivity contribution in [3.8, 4) is 0 Å². The van der Waals surface area contributed by atoms with E-state index in [9.17, 15) is 18.3 Å². The summed E-state index contributed by atoms with van der Waals surface area (Å²) in [6.45, 7) is 2.87. The monoisotopic (exact) mass is 380 g/mol. The highest BCUT2D eigenvalue weighted by Crippen LogP contribution is 2.20. The number of carbonyl (C=O) groups excluding carboxylic acids is 1. The molecule has 0 spiro atoms. The molecule has 1 saturated heterocycles. The molecule has 2 N–H and O–H groups in total. The Kier molecular flexibility index (Phi) is 5.47. The highest BCUT2D eigenvalue weighted by molar-refractivity contribution is 7.91. The van der Waals surface area contributed by atoms with Gasteiger partial charge >= 0.3 is 6.03 Å². The van der Waals surface area contributed by atoms with Gasteiger partial charge in [-0.05, 0) is 19.4 Å². The molecule has 0 aliphatic carbocycles. The number of nitrogens with one attached hydrogen (secondary N) is 1. The molecule has 2 aromatic rings. The van der Waals surface area contributed by atoms with Crippen molar-refractivity contribution in [2.75, 3.05) is 24.7 Å². The SMILES string of the molecule is CCn1nc(CNC(=O)N(CCO)C2CCS(=O)(=O)C2)c2ccccc21. The van der Waals surface area contributed by atoms with Crippen LogP contribution < -0.4 is 5.32 Å². The summed E-state index contributed by atoms with van der Waals surface area (Å²) in [6.07, 6.45) is 0.406. The zero-order valence-corrected chi connectivity index (χ0v) is 15.6. The van der Waals surface area contributed by atoms with Crippen LogP contribution in [-0.2, 0) is 22.9 Å². The minimum Gasteiger partial charge on any atom is -0.395 e. The second kappa shape index (κ2) is 7.63. The van der Waals surface area contributed by atoms with Crippen molar-refractivity contribution in [1.82, 2.24) is 20.0 Å². The van der Waals surface area contributed by atoms with Crippen LogP contribution in [0.1, 0.15) is 19.0 Å². The molecule has 1 aromatic carbocycles. The quantitative estimate of drug-likeness (QED) is 0.769. The summed E-state index contributed by atoms with van der Waals surface area (Å²) in [5, 5.41) is 17.6. The van der Waals surface area contributed by atoms with Crippen LogP contribution in [0.15, 0.2) is 24.3 Å². The van der Waals surface area contributed by atoms with Crippen LogP contribution in [0.3, 0.4) is 0 Å². The molecular formula is C17H24N4O4S. The normalized spacial score (nSPS) is 18.9. The topological polar surface area (TPSA) is 105 Å². The maximum Gasteiger partial charge on any atom is 0.318 e. The Balaban J connectivity index is 1.73. The fourth-order valence-electron chi connectivity index (χ4n) is 3.41. The highest BCUT2D eigenvalue weighted by Gasteiger charge is 2.34. The van der Waals surface area contributed by atoms with Crippen LogP contribution in [0, 0.1) is 0 Å². The number of aromatic nitrogens is 2. The molecule has 2 amide bonds. The van der Waals surface area contributed by atoms with Gasteiger partial charge < -0.3 is 15.3 Å². The number of nitrogens with zero attached hydrogens (tertiary/aromatic N) is 3. The van der Waals surface area contributed by atoms with E-state index < -0.39 is 15.9 Å². The van der Waals surface area contributed by atoms with E-state index in [1.54, 1.807) is 0 Å². The van der Waals surface area contributed by atoms with E-state index in [4.69, 9.17) is 0 Å². The van der Waals surface area contributed by atoms with E-state index in [-0.39, 0.29) is 37.2 Å². The van der Waals surface area contributed by atoms with Gasteiger partial charge in [0.05, 0.1) is 35.9 Å². The summed E-state index contributed by atoms with van der Waals surface area (Å²) >= 11 is 0. The first-order chi connectivity index (χ1) is 12.4. The van der Waals surface area contributed by atoms with E-state index in [2.05, 4.69) is 10.4 Å².